The van der Waals surface area contributed by atoms with Gasteiger partial charge in [0.2, 0.25) is 5.88 Å². The van der Waals surface area contributed by atoms with Crippen molar-refractivity contribution in [1.82, 2.24) is 0 Å². The molecule has 8 heteroatoms. The number of carbonyl (C=O) groups excluding carboxylic acids is 2. The lowest BCUT2D eigenvalue weighted by molar-refractivity contribution is -0.139. The average molecular weight is 528 g/mol. The van der Waals surface area contributed by atoms with E-state index in [4.69, 9.17) is 24.7 Å². The molecule has 0 unspecified atom stereocenters. The summed E-state index contributed by atoms with van der Waals surface area (Å²) in [5.74, 6) is 0.460. The summed E-state index contributed by atoms with van der Waals surface area (Å²) in [5, 5.41) is 0. The van der Waals surface area contributed by atoms with Gasteiger partial charge >= 0.3 is 5.97 Å². The number of benzene rings is 2. The number of Topliss-reactive ketones (excluding diaryl/α,β-unsaturated/α-hetero) is 1. The standard InChI is InChI=1S/C26H26BrNO6/c1-3-32-26(30)24-22(23-18(29)8-6-10-21(23)34-25(24)28)15-11-12-19(31-2)16(13-15)14-33-20-9-5-4-7-17(20)27/h4-5,7,9,11-13,22H,3,6,8,10,14,28H2,1-2H3/t22-/m1/s1. The number of halogens is 1. The van der Waals surface area contributed by atoms with Crippen LogP contribution in [0.5, 0.6) is 11.5 Å². The van der Waals surface area contributed by atoms with Gasteiger partial charge in [-0.2, -0.15) is 0 Å². The zero-order valence-electron chi connectivity index (χ0n) is 19.1. The Hall–Kier alpha value is -3.26. The summed E-state index contributed by atoms with van der Waals surface area (Å²) in [4.78, 5) is 25.9. The fraction of sp³-hybridized carbons (Fsp3) is 0.308. The Morgan fingerprint density at radius 3 is 2.71 bits per heavy atom. The van der Waals surface area contributed by atoms with Crippen LogP contribution in [-0.2, 0) is 25.7 Å². The van der Waals surface area contributed by atoms with Gasteiger partial charge in [0.1, 0.15) is 29.4 Å². The topological polar surface area (TPSA) is 97.1 Å². The Morgan fingerprint density at radius 2 is 1.97 bits per heavy atom. The molecule has 1 atom stereocenters. The van der Waals surface area contributed by atoms with E-state index in [0.717, 1.165) is 10.0 Å². The van der Waals surface area contributed by atoms with E-state index in [2.05, 4.69) is 15.9 Å². The molecule has 0 aromatic heterocycles. The molecule has 2 N–H and O–H groups in total. The molecule has 2 aliphatic rings. The van der Waals surface area contributed by atoms with Crippen molar-refractivity contribution in [2.45, 2.75) is 38.7 Å². The number of esters is 1. The van der Waals surface area contributed by atoms with Gasteiger partial charge in [0.25, 0.3) is 0 Å². The molecule has 2 aromatic carbocycles. The summed E-state index contributed by atoms with van der Waals surface area (Å²) >= 11 is 3.49. The highest BCUT2D eigenvalue weighted by Gasteiger charge is 2.41. The normalized spacial score (nSPS) is 17.7. The van der Waals surface area contributed by atoms with Crippen LogP contribution in [0.25, 0.3) is 0 Å². The number of hydrogen-bond donors (Lipinski definition) is 1. The molecule has 7 nitrogen and oxygen atoms in total. The van der Waals surface area contributed by atoms with E-state index in [1.807, 2.05) is 36.4 Å². The summed E-state index contributed by atoms with van der Waals surface area (Å²) in [6.07, 6.45) is 1.66. The van der Waals surface area contributed by atoms with Crippen molar-refractivity contribution in [3.8, 4) is 11.5 Å². The molecule has 1 aliphatic carbocycles. The molecular formula is C26H26BrNO6. The lowest BCUT2D eigenvalue weighted by Crippen LogP contribution is -2.31. The summed E-state index contributed by atoms with van der Waals surface area (Å²) < 4.78 is 23.4. The number of nitrogens with two attached hydrogens (primary N) is 1. The van der Waals surface area contributed by atoms with Crippen LogP contribution in [0.15, 0.2) is 69.7 Å². The fourth-order valence-electron chi connectivity index (χ4n) is 4.31. The van der Waals surface area contributed by atoms with Crippen LogP contribution in [0.1, 0.15) is 43.2 Å². The summed E-state index contributed by atoms with van der Waals surface area (Å²) in [6, 6.07) is 13.1. The molecule has 0 bridgehead atoms. The number of ether oxygens (including phenoxy) is 4. The number of rotatable bonds is 7. The maximum atomic E-state index is 13.0. The molecular weight excluding hydrogens is 502 g/mol. The monoisotopic (exact) mass is 527 g/mol. The minimum atomic E-state index is -0.691. The van der Waals surface area contributed by atoms with Crippen molar-refractivity contribution in [3.63, 3.8) is 0 Å². The Kier molecular flexibility index (Phi) is 7.26. The van der Waals surface area contributed by atoms with Crippen molar-refractivity contribution >= 4 is 27.7 Å². The van der Waals surface area contributed by atoms with E-state index < -0.39 is 11.9 Å². The molecule has 4 rings (SSSR count). The number of allylic oxidation sites excluding steroid dienone is 2. The predicted molar refractivity (Wildman–Crippen MR) is 129 cm³/mol. The van der Waals surface area contributed by atoms with Crippen molar-refractivity contribution in [2.75, 3.05) is 13.7 Å². The third-order valence-electron chi connectivity index (χ3n) is 5.84. The van der Waals surface area contributed by atoms with Crippen molar-refractivity contribution in [3.05, 3.63) is 80.9 Å². The highest BCUT2D eigenvalue weighted by molar-refractivity contribution is 9.10. The number of carbonyl (C=O) groups is 2. The highest BCUT2D eigenvalue weighted by atomic mass is 79.9. The van der Waals surface area contributed by atoms with Gasteiger partial charge in [-0.3, -0.25) is 4.79 Å². The highest BCUT2D eigenvalue weighted by Crippen LogP contribution is 2.44. The predicted octanol–water partition coefficient (Wildman–Crippen LogP) is 4.89. The maximum absolute atomic E-state index is 13.0. The van der Waals surface area contributed by atoms with Crippen LogP contribution in [0.2, 0.25) is 0 Å². The lowest BCUT2D eigenvalue weighted by Gasteiger charge is -2.32. The first-order chi connectivity index (χ1) is 16.4. The van der Waals surface area contributed by atoms with Gasteiger partial charge in [-0.25, -0.2) is 4.79 Å². The second-order valence-electron chi connectivity index (χ2n) is 7.94. The van der Waals surface area contributed by atoms with Gasteiger partial charge in [0, 0.05) is 24.0 Å². The number of para-hydroxylation sites is 1. The molecule has 1 heterocycles. The molecule has 178 valence electrons. The Labute approximate surface area is 206 Å². The average Bonchev–Trinajstić information content (AvgIpc) is 2.82. The minimum Gasteiger partial charge on any atom is -0.496 e. The summed E-state index contributed by atoms with van der Waals surface area (Å²) in [5.41, 5.74) is 8.26. The maximum Gasteiger partial charge on any atom is 0.340 e. The Balaban J connectivity index is 1.77. The summed E-state index contributed by atoms with van der Waals surface area (Å²) in [7, 11) is 1.58. The van der Waals surface area contributed by atoms with Crippen molar-refractivity contribution < 1.29 is 28.5 Å². The first-order valence-corrected chi connectivity index (χ1v) is 11.9. The van der Waals surface area contributed by atoms with Crippen LogP contribution >= 0.6 is 15.9 Å². The van der Waals surface area contributed by atoms with Crippen LogP contribution in [-0.4, -0.2) is 25.5 Å². The van der Waals surface area contributed by atoms with E-state index in [1.165, 1.54) is 0 Å². The van der Waals surface area contributed by atoms with Crippen molar-refractivity contribution in [1.29, 1.82) is 0 Å². The second kappa shape index (κ2) is 10.3. The largest absolute Gasteiger partial charge is 0.496 e. The Morgan fingerprint density at radius 1 is 1.18 bits per heavy atom. The molecule has 0 amide bonds. The van der Waals surface area contributed by atoms with Crippen LogP contribution in [0, 0.1) is 0 Å². The van der Waals surface area contributed by atoms with Gasteiger partial charge in [-0.05, 0) is 59.1 Å². The molecule has 2 aromatic rings. The quantitative estimate of drug-likeness (QED) is 0.511. The van der Waals surface area contributed by atoms with E-state index >= 15 is 0 Å². The third-order valence-corrected chi connectivity index (χ3v) is 6.49. The number of methoxy groups -OCH3 is 1. The van der Waals surface area contributed by atoms with E-state index in [9.17, 15) is 9.59 Å². The molecule has 0 saturated heterocycles. The SMILES string of the molecule is CCOC(=O)C1=C(N)OC2=C(C(=O)CCC2)[C@H]1c1ccc(OC)c(COc2ccccc2Br)c1. The first-order valence-electron chi connectivity index (χ1n) is 11.1. The van der Waals surface area contributed by atoms with Crippen molar-refractivity contribution in [2.24, 2.45) is 5.73 Å². The molecule has 0 spiro atoms. The van der Waals surface area contributed by atoms with Gasteiger partial charge in [-0.15, -0.1) is 0 Å². The van der Waals surface area contributed by atoms with Gasteiger partial charge in [-0.1, -0.05) is 18.2 Å². The molecule has 0 radical (unpaired) electrons. The van der Waals surface area contributed by atoms with Crippen LogP contribution in [0.3, 0.4) is 0 Å². The number of ketones is 1. The van der Waals surface area contributed by atoms with E-state index in [1.54, 1.807) is 20.1 Å². The van der Waals surface area contributed by atoms with Crippen LogP contribution < -0.4 is 15.2 Å². The molecule has 0 saturated carbocycles. The van der Waals surface area contributed by atoms with E-state index in [0.29, 0.717) is 47.7 Å². The summed E-state index contributed by atoms with van der Waals surface area (Å²) in [6.45, 7) is 2.11. The zero-order chi connectivity index (χ0) is 24.2. The zero-order valence-corrected chi connectivity index (χ0v) is 20.6. The number of hydrogen-bond acceptors (Lipinski definition) is 7. The molecule has 1 aliphatic heterocycles. The first kappa shape index (κ1) is 23.9. The van der Waals surface area contributed by atoms with Gasteiger partial charge in [0.15, 0.2) is 5.78 Å². The van der Waals surface area contributed by atoms with Gasteiger partial charge in [0.05, 0.1) is 24.1 Å². The van der Waals surface area contributed by atoms with Gasteiger partial charge < -0.3 is 24.7 Å². The fourth-order valence-corrected chi connectivity index (χ4v) is 4.70. The molecule has 0 fully saturated rings. The third kappa shape index (κ3) is 4.68. The molecule has 34 heavy (non-hydrogen) atoms. The van der Waals surface area contributed by atoms with Crippen LogP contribution in [0.4, 0.5) is 0 Å². The lowest BCUT2D eigenvalue weighted by atomic mass is 9.77. The smallest absolute Gasteiger partial charge is 0.340 e. The van der Waals surface area contributed by atoms with E-state index in [-0.39, 0.29) is 30.5 Å². The minimum absolute atomic E-state index is 0.0289. The Bertz CT molecular complexity index is 1190. The second-order valence-corrected chi connectivity index (χ2v) is 8.79.